The molecule has 0 aromatic carbocycles. The Bertz CT molecular complexity index is 353. The molecule has 2 heterocycles. The minimum absolute atomic E-state index is 0.163. The van der Waals surface area contributed by atoms with E-state index in [0.717, 1.165) is 31.6 Å². The van der Waals surface area contributed by atoms with Crippen LogP contribution in [0, 0.1) is 6.92 Å². The van der Waals surface area contributed by atoms with Gasteiger partial charge in [-0.2, -0.15) is 0 Å². The molecule has 1 aromatic rings. The maximum absolute atomic E-state index is 12.0. The minimum Gasteiger partial charge on any atom is -0.341 e. The molecule has 1 amide bonds. The van der Waals surface area contributed by atoms with Crippen LogP contribution in [-0.2, 0) is 11.3 Å². The Morgan fingerprint density at radius 2 is 2.00 bits per heavy atom. The van der Waals surface area contributed by atoms with E-state index in [0.29, 0.717) is 6.54 Å². The number of nitrogens with zero attached hydrogens (tertiary/aromatic N) is 4. The van der Waals surface area contributed by atoms with E-state index in [1.165, 1.54) is 12.8 Å². The van der Waals surface area contributed by atoms with Crippen LogP contribution in [0.25, 0.3) is 0 Å². The van der Waals surface area contributed by atoms with E-state index in [1.807, 2.05) is 11.8 Å². The van der Waals surface area contributed by atoms with E-state index in [4.69, 9.17) is 0 Å². The van der Waals surface area contributed by atoms with Gasteiger partial charge in [-0.15, -0.1) is 5.10 Å². The first-order chi connectivity index (χ1) is 7.77. The SMILES string of the molecule is Cc1cnnn1CC(=O)N1CCCCCC1. The lowest BCUT2D eigenvalue weighted by Crippen LogP contribution is -2.35. The molecule has 5 heteroatoms. The summed E-state index contributed by atoms with van der Waals surface area (Å²) in [4.78, 5) is 14.0. The van der Waals surface area contributed by atoms with E-state index in [1.54, 1.807) is 10.9 Å². The largest absolute Gasteiger partial charge is 0.341 e. The van der Waals surface area contributed by atoms with E-state index < -0.39 is 0 Å². The number of amides is 1. The third kappa shape index (κ3) is 2.59. The average Bonchev–Trinajstić information content (AvgIpc) is 2.57. The van der Waals surface area contributed by atoms with Crippen molar-refractivity contribution < 1.29 is 4.79 Å². The molecule has 1 aliphatic rings. The maximum Gasteiger partial charge on any atom is 0.244 e. The van der Waals surface area contributed by atoms with Crippen LogP contribution in [0.3, 0.4) is 0 Å². The van der Waals surface area contributed by atoms with E-state index in [2.05, 4.69) is 10.3 Å². The van der Waals surface area contributed by atoms with Crippen molar-refractivity contribution in [1.82, 2.24) is 19.9 Å². The molecule has 0 N–H and O–H groups in total. The quantitative estimate of drug-likeness (QED) is 0.749. The molecule has 16 heavy (non-hydrogen) atoms. The van der Waals surface area contributed by atoms with Crippen molar-refractivity contribution in [2.75, 3.05) is 13.1 Å². The van der Waals surface area contributed by atoms with Crippen LogP contribution in [0.5, 0.6) is 0 Å². The highest BCUT2D eigenvalue weighted by Crippen LogP contribution is 2.10. The van der Waals surface area contributed by atoms with Crippen molar-refractivity contribution in [2.24, 2.45) is 0 Å². The standard InChI is InChI=1S/C11H18N4O/c1-10-8-12-13-15(10)9-11(16)14-6-4-2-3-5-7-14/h8H,2-7,9H2,1H3. The van der Waals surface area contributed by atoms with Crippen LogP contribution in [0.1, 0.15) is 31.4 Å². The molecule has 0 radical (unpaired) electrons. The van der Waals surface area contributed by atoms with Gasteiger partial charge in [0.25, 0.3) is 0 Å². The Kier molecular flexibility index (Phi) is 3.54. The lowest BCUT2D eigenvalue weighted by Gasteiger charge is -2.20. The summed E-state index contributed by atoms with van der Waals surface area (Å²) in [5.41, 5.74) is 0.933. The normalized spacial score (nSPS) is 17.2. The van der Waals surface area contributed by atoms with Gasteiger partial charge in [-0.05, 0) is 19.8 Å². The van der Waals surface area contributed by atoms with Gasteiger partial charge in [0.1, 0.15) is 6.54 Å². The molecule has 1 fully saturated rings. The molecular formula is C11H18N4O. The topological polar surface area (TPSA) is 51.0 Å². The van der Waals surface area contributed by atoms with Crippen molar-refractivity contribution in [3.05, 3.63) is 11.9 Å². The van der Waals surface area contributed by atoms with Gasteiger partial charge in [0.05, 0.1) is 11.9 Å². The highest BCUT2D eigenvalue weighted by Gasteiger charge is 2.16. The van der Waals surface area contributed by atoms with Crippen molar-refractivity contribution >= 4 is 5.91 Å². The summed E-state index contributed by atoms with van der Waals surface area (Å²) in [7, 11) is 0. The van der Waals surface area contributed by atoms with Gasteiger partial charge in [-0.3, -0.25) is 4.79 Å². The smallest absolute Gasteiger partial charge is 0.244 e. The Labute approximate surface area is 95.4 Å². The summed E-state index contributed by atoms with van der Waals surface area (Å²) in [6.07, 6.45) is 6.41. The Balaban J connectivity index is 1.94. The Hall–Kier alpha value is -1.39. The molecule has 0 spiro atoms. The fraction of sp³-hybridized carbons (Fsp3) is 0.727. The summed E-state index contributed by atoms with van der Waals surface area (Å²) in [6.45, 7) is 4.03. The molecular weight excluding hydrogens is 204 g/mol. The lowest BCUT2D eigenvalue weighted by molar-refractivity contribution is -0.132. The molecule has 5 nitrogen and oxygen atoms in total. The Morgan fingerprint density at radius 1 is 1.31 bits per heavy atom. The van der Waals surface area contributed by atoms with Gasteiger partial charge in [-0.25, -0.2) is 4.68 Å². The number of aryl methyl sites for hydroxylation is 1. The number of aromatic nitrogens is 3. The summed E-state index contributed by atoms with van der Waals surface area (Å²) >= 11 is 0. The van der Waals surface area contributed by atoms with Gasteiger partial charge >= 0.3 is 0 Å². The number of carbonyl (C=O) groups is 1. The number of hydrogen-bond acceptors (Lipinski definition) is 3. The zero-order chi connectivity index (χ0) is 11.4. The van der Waals surface area contributed by atoms with Crippen LogP contribution in [-0.4, -0.2) is 38.9 Å². The lowest BCUT2D eigenvalue weighted by atomic mass is 10.2. The zero-order valence-electron chi connectivity index (χ0n) is 9.72. The first kappa shape index (κ1) is 11.1. The van der Waals surface area contributed by atoms with Crippen LogP contribution >= 0.6 is 0 Å². The van der Waals surface area contributed by atoms with Crippen LogP contribution < -0.4 is 0 Å². The first-order valence-corrected chi connectivity index (χ1v) is 5.90. The summed E-state index contributed by atoms with van der Waals surface area (Å²) in [5.74, 6) is 0.163. The third-order valence-corrected chi connectivity index (χ3v) is 3.06. The van der Waals surface area contributed by atoms with Gasteiger partial charge in [0.2, 0.25) is 5.91 Å². The molecule has 0 atom stereocenters. The van der Waals surface area contributed by atoms with Gasteiger partial charge in [0, 0.05) is 13.1 Å². The molecule has 1 aliphatic heterocycles. The fourth-order valence-corrected chi connectivity index (χ4v) is 2.01. The predicted octanol–water partition coefficient (Wildman–Crippen LogP) is 0.989. The first-order valence-electron chi connectivity index (χ1n) is 5.90. The van der Waals surface area contributed by atoms with E-state index in [9.17, 15) is 4.79 Å². The van der Waals surface area contributed by atoms with Crippen LogP contribution in [0.4, 0.5) is 0 Å². The van der Waals surface area contributed by atoms with Gasteiger partial charge in [0.15, 0.2) is 0 Å². The minimum atomic E-state index is 0.163. The highest BCUT2D eigenvalue weighted by molar-refractivity contribution is 5.75. The molecule has 2 rings (SSSR count). The fourth-order valence-electron chi connectivity index (χ4n) is 2.01. The summed E-state index contributed by atoms with van der Waals surface area (Å²) in [5, 5.41) is 7.67. The van der Waals surface area contributed by atoms with Crippen molar-refractivity contribution in [1.29, 1.82) is 0 Å². The van der Waals surface area contributed by atoms with Crippen molar-refractivity contribution in [2.45, 2.75) is 39.2 Å². The molecule has 0 aliphatic carbocycles. The number of likely N-dealkylation sites (tertiary alicyclic amines) is 1. The van der Waals surface area contributed by atoms with E-state index in [-0.39, 0.29) is 5.91 Å². The second-order valence-electron chi connectivity index (χ2n) is 4.33. The summed E-state index contributed by atoms with van der Waals surface area (Å²) in [6, 6.07) is 0. The maximum atomic E-state index is 12.0. The molecule has 0 bridgehead atoms. The van der Waals surface area contributed by atoms with Gasteiger partial charge in [-0.1, -0.05) is 18.1 Å². The number of carbonyl (C=O) groups excluding carboxylic acids is 1. The van der Waals surface area contributed by atoms with Crippen molar-refractivity contribution in [3.63, 3.8) is 0 Å². The van der Waals surface area contributed by atoms with E-state index >= 15 is 0 Å². The highest BCUT2D eigenvalue weighted by atomic mass is 16.2. The Morgan fingerprint density at radius 3 is 2.56 bits per heavy atom. The number of rotatable bonds is 2. The second-order valence-corrected chi connectivity index (χ2v) is 4.33. The zero-order valence-corrected chi connectivity index (χ0v) is 9.72. The number of hydrogen-bond donors (Lipinski definition) is 0. The third-order valence-electron chi connectivity index (χ3n) is 3.06. The second kappa shape index (κ2) is 5.09. The molecule has 1 saturated heterocycles. The molecule has 0 saturated carbocycles. The van der Waals surface area contributed by atoms with Gasteiger partial charge < -0.3 is 4.90 Å². The molecule has 0 unspecified atom stereocenters. The molecule has 88 valence electrons. The van der Waals surface area contributed by atoms with Crippen molar-refractivity contribution in [3.8, 4) is 0 Å². The van der Waals surface area contributed by atoms with Crippen LogP contribution in [0.2, 0.25) is 0 Å². The average molecular weight is 222 g/mol. The molecule has 1 aromatic heterocycles. The summed E-state index contributed by atoms with van der Waals surface area (Å²) < 4.78 is 1.66. The van der Waals surface area contributed by atoms with Crippen LogP contribution in [0.15, 0.2) is 6.20 Å². The predicted molar refractivity (Wildman–Crippen MR) is 59.8 cm³/mol. The monoisotopic (exact) mass is 222 g/mol.